The van der Waals surface area contributed by atoms with Crippen LogP contribution in [0.3, 0.4) is 0 Å². The van der Waals surface area contributed by atoms with E-state index in [9.17, 15) is 10.1 Å². The zero-order valence-electron chi connectivity index (χ0n) is 9.79. The molecule has 0 aliphatic heterocycles. The number of nitrogens with zero attached hydrogens (tertiary/aromatic N) is 3. The molecule has 2 aromatic rings. The molecule has 0 aliphatic rings. The quantitative estimate of drug-likeness (QED) is 0.662. The number of anilines is 1. The number of aryl methyl sites for hydroxylation is 1. The third-order valence-corrected chi connectivity index (χ3v) is 3.07. The molecular formula is C11H12N4O2S. The molecule has 0 radical (unpaired) electrons. The van der Waals surface area contributed by atoms with Gasteiger partial charge in [0.2, 0.25) is 0 Å². The second-order valence-corrected chi connectivity index (χ2v) is 4.49. The van der Waals surface area contributed by atoms with Crippen molar-refractivity contribution in [2.24, 2.45) is 0 Å². The minimum atomic E-state index is -0.445. The van der Waals surface area contributed by atoms with Crippen LogP contribution in [0.25, 0.3) is 0 Å². The predicted octanol–water partition coefficient (Wildman–Crippen LogP) is 2.41. The first-order chi connectivity index (χ1) is 8.66. The van der Waals surface area contributed by atoms with Crippen LogP contribution in [0.15, 0.2) is 23.2 Å². The van der Waals surface area contributed by atoms with Crippen molar-refractivity contribution < 1.29 is 4.92 Å². The Balaban J connectivity index is 1.95. The first-order valence-electron chi connectivity index (χ1n) is 5.39. The SMILES string of the molecule is Cc1cc([N+](=O)[O-])cnc1NCCc1cscn1. The van der Waals surface area contributed by atoms with E-state index in [1.807, 2.05) is 5.38 Å². The fourth-order valence-corrected chi connectivity index (χ4v) is 2.11. The van der Waals surface area contributed by atoms with Crippen LogP contribution in [0, 0.1) is 17.0 Å². The molecule has 0 unspecified atom stereocenters. The van der Waals surface area contributed by atoms with Crippen molar-refractivity contribution in [3.05, 3.63) is 44.5 Å². The second kappa shape index (κ2) is 5.54. The fourth-order valence-electron chi connectivity index (χ4n) is 1.51. The molecule has 0 spiro atoms. The third-order valence-electron chi connectivity index (χ3n) is 2.43. The maximum atomic E-state index is 10.6. The fraction of sp³-hybridized carbons (Fsp3) is 0.273. The molecule has 0 aromatic carbocycles. The molecule has 2 rings (SSSR count). The van der Waals surface area contributed by atoms with Gasteiger partial charge in [-0.05, 0) is 12.5 Å². The van der Waals surface area contributed by atoms with Crippen LogP contribution >= 0.6 is 11.3 Å². The first-order valence-corrected chi connectivity index (χ1v) is 6.33. The Morgan fingerprint density at radius 2 is 2.33 bits per heavy atom. The summed E-state index contributed by atoms with van der Waals surface area (Å²) in [7, 11) is 0. The van der Waals surface area contributed by atoms with E-state index >= 15 is 0 Å². The van der Waals surface area contributed by atoms with Crippen molar-refractivity contribution in [3.63, 3.8) is 0 Å². The number of aromatic nitrogens is 2. The van der Waals surface area contributed by atoms with Gasteiger partial charge in [-0.3, -0.25) is 10.1 Å². The summed E-state index contributed by atoms with van der Waals surface area (Å²) in [6, 6.07) is 1.51. The summed E-state index contributed by atoms with van der Waals surface area (Å²) in [4.78, 5) is 18.4. The van der Waals surface area contributed by atoms with Crippen LogP contribution in [0.1, 0.15) is 11.3 Å². The Kier molecular flexibility index (Phi) is 3.83. The minimum Gasteiger partial charge on any atom is -0.369 e. The molecule has 0 atom stereocenters. The number of hydrogen-bond donors (Lipinski definition) is 1. The van der Waals surface area contributed by atoms with Gasteiger partial charge in [-0.25, -0.2) is 9.97 Å². The molecule has 0 fully saturated rings. The summed E-state index contributed by atoms with van der Waals surface area (Å²) < 4.78 is 0. The Hall–Kier alpha value is -2.02. The average molecular weight is 264 g/mol. The number of hydrogen-bond acceptors (Lipinski definition) is 6. The number of pyridine rings is 1. The topological polar surface area (TPSA) is 81.0 Å². The molecule has 0 saturated heterocycles. The largest absolute Gasteiger partial charge is 0.369 e. The van der Waals surface area contributed by atoms with Crippen molar-refractivity contribution in [2.75, 3.05) is 11.9 Å². The van der Waals surface area contributed by atoms with Gasteiger partial charge in [0.25, 0.3) is 5.69 Å². The molecule has 0 bridgehead atoms. The highest BCUT2D eigenvalue weighted by Gasteiger charge is 2.09. The van der Waals surface area contributed by atoms with Crippen LogP contribution in [-0.2, 0) is 6.42 Å². The van der Waals surface area contributed by atoms with Gasteiger partial charge in [-0.1, -0.05) is 0 Å². The predicted molar refractivity (Wildman–Crippen MR) is 69.9 cm³/mol. The third kappa shape index (κ3) is 3.01. The normalized spacial score (nSPS) is 10.3. The van der Waals surface area contributed by atoms with Crippen LogP contribution in [-0.4, -0.2) is 21.4 Å². The molecule has 7 heteroatoms. The minimum absolute atomic E-state index is 0.0116. The van der Waals surface area contributed by atoms with Gasteiger partial charge in [0, 0.05) is 24.4 Å². The highest BCUT2D eigenvalue weighted by molar-refractivity contribution is 7.07. The molecule has 6 nitrogen and oxygen atoms in total. The smallest absolute Gasteiger partial charge is 0.287 e. The van der Waals surface area contributed by atoms with E-state index in [2.05, 4.69) is 15.3 Å². The summed E-state index contributed by atoms with van der Waals surface area (Å²) in [6.07, 6.45) is 2.07. The lowest BCUT2D eigenvalue weighted by Gasteiger charge is -2.06. The van der Waals surface area contributed by atoms with E-state index in [0.717, 1.165) is 17.7 Å². The van der Waals surface area contributed by atoms with Gasteiger partial charge in [-0.2, -0.15) is 0 Å². The van der Waals surface area contributed by atoms with E-state index < -0.39 is 4.92 Å². The van der Waals surface area contributed by atoms with Gasteiger partial charge in [0.15, 0.2) is 0 Å². The average Bonchev–Trinajstić information content (AvgIpc) is 2.84. The van der Waals surface area contributed by atoms with E-state index in [-0.39, 0.29) is 5.69 Å². The van der Waals surface area contributed by atoms with Crippen LogP contribution in [0.5, 0.6) is 0 Å². The molecule has 18 heavy (non-hydrogen) atoms. The monoisotopic (exact) mass is 264 g/mol. The number of nitro groups is 1. The van der Waals surface area contributed by atoms with E-state index in [4.69, 9.17) is 0 Å². The Morgan fingerprint density at radius 1 is 1.50 bits per heavy atom. The summed E-state index contributed by atoms with van der Waals surface area (Å²) in [6.45, 7) is 2.50. The second-order valence-electron chi connectivity index (χ2n) is 3.77. The summed E-state index contributed by atoms with van der Waals surface area (Å²) in [5.74, 6) is 0.677. The zero-order chi connectivity index (χ0) is 13.0. The highest BCUT2D eigenvalue weighted by Crippen LogP contribution is 2.17. The lowest BCUT2D eigenvalue weighted by molar-refractivity contribution is -0.385. The lowest BCUT2D eigenvalue weighted by atomic mass is 10.2. The summed E-state index contributed by atoms with van der Waals surface area (Å²) in [5, 5.41) is 15.7. The van der Waals surface area contributed by atoms with Gasteiger partial charge in [0.1, 0.15) is 12.0 Å². The van der Waals surface area contributed by atoms with Crippen molar-refractivity contribution >= 4 is 22.8 Å². The molecule has 2 heterocycles. The molecule has 94 valence electrons. The Labute approximate surface area is 108 Å². The molecular weight excluding hydrogens is 252 g/mol. The van der Waals surface area contributed by atoms with Crippen molar-refractivity contribution in [3.8, 4) is 0 Å². The summed E-state index contributed by atoms with van der Waals surface area (Å²) in [5.41, 5.74) is 3.61. The van der Waals surface area contributed by atoms with Crippen molar-refractivity contribution in [1.82, 2.24) is 9.97 Å². The van der Waals surface area contributed by atoms with Gasteiger partial charge >= 0.3 is 0 Å². The molecule has 2 aromatic heterocycles. The van der Waals surface area contributed by atoms with Gasteiger partial charge < -0.3 is 5.32 Å². The molecule has 0 amide bonds. The van der Waals surface area contributed by atoms with Crippen LogP contribution < -0.4 is 5.32 Å². The molecule has 1 N–H and O–H groups in total. The Morgan fingerprint density at radius 3 is 2.94 bits per heavy atom. The number of rotatable bonds is 5. The highest BCUT2D eigenvalue weighted by atomic mass is 32.1. The standard InChI is InChI=1S/C11H12N4O2S/c1-8-4-10(15(16)17)5-13-11(8)12-3-2-9-6-18-7-14-9/h4-7H,2-3H2,1H3,(H,12,13). The number of thiazole rings is 1. The zero-order valence-corrected chi connectivity index (χ0v) is 10.6. The molecule has 0 aliphatic carbocycles. The van der Waals surface area contributed by atoms with Gasteiger partial charge in [-0.15, -0.1) is 11.3 Å². The molecule has 0 saturated carbocycles. The summed E-state index contributed by atoms with van der Waals surface area (Å²) >= 11 is 1.56. The van der Waals surface area contributed by atoms with Crippen molar-refractivity contribution in [1.29, 1.82) is 0 Å². The number of nitrogens with one attached hydrogen (secondary N) is 1. The van der Waals surface area contributed by atoms with Crippen molar-refractivity contribution in [2.45, 2.75) is 13.3 Å². The van der Waals surface area contributed by atoms with E-state index in [0.29, 0.717) is 12.4 Å². The Bertz CT molecular complexity index is 542. The first kappa shape index (κ1) is 12.4. The lowest BCUT2D eigenvalue weighted by Crippen LogP contribution is -2.08. The maximum Gasteiger partial charge on any atom is 0.287 e. The van der Waals surface area contributed by atoms with Crippen LogP contribution in [0.4, 0.5) is 11.5 Å². The van der Waals surface area contributed by atoms with E-state index in [1.165, 1.54) is 12.3 Å². The maximum absolute atomic E-state index is 10.6. The van der Waals surface area contributed by atoms with Gasteiger partial charge in [0.05, 0.1) is 16.1 Å². The van der Waals surface area contributed by atoms with E-state index in [1.54, 1.807) is 23.8 Å². The van der Waals surface area contributed by atoms with Crippen LogP contribution in [0.2, 0.25) is 0 Å².